The molecule has 2 N–H and O–H groups in total. The van der Waals surface area contributed by atoms with Crippen molar-refractivity contribution in [1.82, 2.24) is 5.32 Å². The summed E-state index contributed by atoms with van der Waals surface area (Å²) in [5.41, 5.74) is -0.000870. The van der Waals surface area contributed by atoms with Crippen LogP contribution in [0.25, 0.3) is 6.08 Å². The maximum absolute atomic E-state index is 11.7. The predicted molar refractivity (Wildman–Crippen MR) is 75.5 cm³/mol. The van der Waals surface area contributed by atoms with Gasteiger partial charge in [0.15, 0.2) is 11.3 Å². The third-order valence-electron chi connectivity index (χ3n) is 2.86. The molecule has 0 radical (unpaired) electrons. The van der Waals surface area contributed by atoms with Gasteiger partial charge in [0.2, 0.25) is 0 Å². The first kappa shape index (κ1) is 15.2. The smallest absolute Gasteiger partial charge is 0.347 e. The maximum atomic E-state index is 11.7. The van der Waals surface area contributed by atoms with Crippen molar-refractivity contribution in [2.75, 3.05) is 6.61 Å². The highest BCUT2D eigenvalue weighted by Crippen LogP contribution is 2.22. The average Bonchev–Trinajstić information content (AvgIpc) is 2.74. The van der Waals surface area contributed by atoms with E-state index in [1.165, 1.54) is 30.3 Å². The molecule has 0 saturated carbocycles. The summed E-state index contributed by atoms with van der Waals surface area (Å²) < 4.78 is 4.69. The van der Waals surface area contributed by atoms with Gasteiger partial charge in [-0.25, -0.2) is 4.79 Å². The molecule has 0 unspecified atom stereocenters. The van der Waals surface area contributed by atoms with Gasteiger partial charge in [0, 0.05) is 12.1 Å². The van der Waals surface area contributed by atoms with Gasteiger partial charge in [-0.3, -0.25) is 14.9 Å². The number of ether oxygens (including phenoxy) is 1. The number of nitrogens with one attached hydrogen (secondary N) is 1. The molecule has 2 rings (SSSR count). The molecule has 0 aromatic heterocycles. The summed E-state index contributed by atoms with van der Waals surface area (Å²) in [6.45, 7) is 1.65. The molecule has 1 aliphatic rings. The van der Waals surface area contributed by atoms with Crippen LogP contribution >= 0.6 is 0 Å². The summed E-state index contributed by atoms with van der Waals surface area (Å²) in [7, 11) is 0. The molecule has 0 fully saturated rings. The lowest BCUT2D eigenvalue weighted by Gasteiger charge is -2.00. The number of esters is 1. The quantitative estimate of drug-likeness (QED) is 0.376. The van der Waals surface area contributed by atoms with Crippen LogP contribution in [-0.4, -0.2) is 28.5 Å². The molecule has 1 amide bonds. The minimum absolute atomic E-state index is 0.0295. The number of carbonyl (C=O) groups excluding carboxylic acids is 2. The molecular formula is C14H12N2O6. The van der Waals surface area contributed by atoms with Crippen LogP contribution in [0.4, 0.5) is 5.69 Å². The van der Waals surface area contributed by atoms with Gasteiger partial charge in [-0.05, 0) is 30.7 Å². The molecule has 0 aliphatic carbocycles. The second kappa shape index (κ2) is 6.08. The maximum Gasteiger partial charge on any atom is 0.347 e. The highest BCUT2D eigenvalue weighted by Gasteiger charge is 2.33. The number of rotatable bonds is 4. The van der Waals surface area contributed by atoms with E-state index in [2.05, 4.69) is 10.1 Å². The number of benzene rings is 1. The number of aliphatic hydroxyl groups excluding tert-OH is 1. The summed E-state index contributed by atoms with van der Waals surface area (Å²) in [5, 5.41) is 22.8. The zero-order valence-electron chi connectivity index (χ0n) is 11.5. The third kappa shape index (κ3) is 2.95. The molecule has 8 nitrogen and oxygen atoms in total. The lowest BCUT2D eigenvalue weighted by Crippen LogP contribution is -2.21. The fraction of sp³-hybridized carbons (Fsp3) is 0.143. The number of nitro benzene ring substituents is 1. The standard InChI is InChI=1S/C14H12N2O6/c1-2-22-14(19)11-12(17)10(15-13(11)18)7-8-3-5-9(6-4-8)16(20)21/h3-7,17H,2H2,1H3,(H,15,18)/b10-7-. The predicted octanol–water partition coefficient (Wildman–Crippen LogP) is 1.44. The average molecular weight is 304 g/mol. The first-order chi connectivity index (χ1) is 10.4. The van der Waals surface area contributed by atoms with Gasteiger partial charge in [0.1, 0.15) is 0 Å². The molecule has 0 saturated heterocycles. The largest absolute Gasteiger partial charge is 0.505 e. The van der Waals surface area contributed by atoms with E-state index in [1.54, 1.807) is 6.92 Å². The van der Waals surface area contributed by atoms with Gasteiger partial charge in [0.05, 0.1) is 17.2 Å². The number of nitro groups is 1. The highest BCUT2D eigenvalue weighted by molar-refractivity contribution is 6.20. The Kier molecular flexibility index (Phi) is 4.21. The van der Waals surface area contributed by atoms with Crippen molar-refractivity contribution in [2.45, 2.75) is 6.92 Å². The summed E-state index contributed by atoms with van der Waals surface area (Å²) in [4.78, 5) is 33.3. The number of nitrogens with zero attached hydrogens (tertiary/aromatic N) is 1. The van der Waals surface area contributed by atoms with Gasteiger partial charge in [-0.2, -0.15) is 0 Å². The number of carbonyl (C=O) groups is 2. The fourth-order valence-electron chi connectivity index (χ4n) is 1.84. The molecule has 0 bridgehead atoms. The van der Waals surface area contributed by atoms with E-state index < -0.39 is 28.1 Å². The first-order valence-corrected chi connectivity index (χ1v) is 6.32. The van der Waals surface area contributed by atoms with Crippen LogP contribution in [0.3, 0.4) is 0 Å². The van der Waals surface area contributed by atoms with Gasteiger partial charge in [-0.1, -0.05) is 0 Å². The minimum Gasteiger partial charge on any atom is -0.505 e. The van der Waals surface area contributed by atoms with Gasteiger partial charge in [-0.15, -0.1) is 0 Å². The highest BCUT2D eigenvalue weighted by atomic mass is 16.6. The van der Waals surface area contributed by atoms with E-state index in [1.807, 2.05) is 0 Å². The first-order valence-electron chi connectivity index (χ1n) is 6.32. The van der Waals surface area contributed by atoms with Crippen molar-refractivity contribution in [3.63, 3.8) is 0 Å². The lowest BCUT2D eigenvalue weighted by molar-refractivity contribution is -0.384. The van der Waals surface area contributed by atoms with Crippen LogP contribution in [-0.2, 0) is 14.3 Å². The van der Waals surface area contributed by atoms with E-state index in [-0.39, 0.29) is 18.0 Å². The van der Waals surface area contributed by atoms with Crippen molar-refractivity contribution in [3.05, 3.63) is 57.0 Å². The van der Waals surface area contributed by atoms with E-state index in [0.717, 1.165) is 0 Å². The van der Waals surface area contributed by atoms with Crippen molar-refractivity contribution in [3.8, 4) is 0 Å². The number of non-ortho nitro benzene ring substituents is 1. The van der Waals surface area contributed by atoms with E-state index in [9.17, 15) is 24.8 Å². The molecule has 1 aliphatic heterocycles. The molecular weight excluding hydrogens is 292 g/mol. The van der Waals surface area contributed by atoms with Crippen molar-refractivity contribution in [1.29, 1.82) is 0 Å². The van der Waals surface area contributed by atoms with Gasteiger partial charge >= 0.3 is 5.97 Å². The van der Waals surface area contributed by atoms with E-state index in [0.29, 0.717) is 5.56 Å². The Balaban J connectivity index is 2.31. The number of aliphatic hydroxyl groups is 1. The molecule has 0 atom stereocenters. The monoisotopic (exact) mass is 304 g/mol. The number of hydrogen-bond donors (Lipinski definition) is 2. The summed E-state index contributed by atoms with van der Waals surface area (Å²) >= 11 is 0. The molecule has 1 heterocycles. The van der Waals surface area contributed by atoms with Crippen molar-refractivity contribution in [2.24, 2.45) is 0 Å². The molecule has 22 heavy (non-hydrogen) atoms. The van der Waals surface area contributed by atoms with E-state index >= 15 is 0 Å². The van der Waals surface area contributed by atoms with Gasteiger partial charge in [0.25, 0.3) is 11.6 Å². The molecule has 114 valence electrons. The van der Waals surface area contributed by atoms with Crippen molar-refractivity contribution < 1.29 is 24.4 Å². The Hall–Kier alpha value is -3.16. The molecule has 1 aromatic carbocycles. The SMILES string of the molecule is CCOC(=O)C1=C(O)/C(=C/c2ccc([N+](=O)[O-])cc2)NC1=O. The second-order valence-electron chi connectivity index (χ2n) is 4.30. The zero-order valence-corrected chi connectivity index (χ0v) is 11.5. The van der Waals surface area contributed by atoms with Crippen LogP contribution in [0.1, 0.15) is 12.5 Å². The van der Waals surface area contributed by atoms with Crippen molar-refractivity contribution >= 4 is 23.6 Å². The lowest BCUT2D eigenvalue weighted by atomic mass is 10.1. The Bertz CT molecular complexity index is 703. The zero-order chi connectivity index (χ0) is 16.3. The number of hydrogen-bond acceptors (Lipinski definition) is 6. The molecule has 0 spiro atoms. The second-order valence-corrected chi connectivity index (χ2v) is 4.30. The topological polar surface area (TPSA) is 119 Å². The van der Waals surface area contributed by atoms with Crippen LogP contribution in [0, 0.1) is 10.1 Å². The Morgan fingerprint density at radius 2 is 2.05 bits per heavy atom. The fourth-order valence-corrected chi connectivity index (χ4v) is 1.84. The van der Waals surface area contributed by atoms with Crippen LogP contribution in [0.5, 0.6) is 0 Å². The summed E-state index contributed by atoms with van der Waals surface area (Å²) in [6.07, 6.45) is 1.39. The van der Waals surface area contributed by atoms with Crippen LogP contribution in [0.15, 0.2) is 41.3 Å². The van der Waals surface area contributed by atoms with Gasteiger partial charge < -0.3 is 15.2 Å². The normalized spacial score (nSPS) is 15.9. The molecule has 8 heteroatoms. The minimum atomic E-state index is -0.912. The Morgan fingerprint density at radius 3 is 2.59 bits per heavy atom. The van der Waals surface area contributed by atoms with E-state index in [4.69, 9.17) is 0 Å². The summed E-state index contributed by atoms with van der Waals surface area (Å²) in [6, 6.07) is 5.48. The van der Waals surface area contributed by atoms with Crippen LogP contribution < -0.4 is 5.32 Å². The molecule has 1 aromatic rings. The Labute approximate surface area is 124 Å². The Morgan fingerprint density at radius 1 is 1.41 bits per heavy atom. The third-order valence-corrected chi connectivity index (χ3v) is 2.86. The summed E-state index contributed by atoms with van der Waals surface area (Å²) in [5.74, 6) is -2.18. The van der Waals surface area contributed by atoms with Crippen LogP contribution in [0.2, 0.25) is 0 Å². The number of amides is 1.